The fourth-order valence-corrected chi connectivity index (χ4v) is 3.33. The van der Waals surface area contributed by atoms with Crippen molar-refractivity contribution in [2.45, 2.75) is 38.8 Å². The van der Waals surface area contributed by atoms with Crippen molar-refractivity contribution in [3.8, 4) is 5.75 Å². The number of morpholine rings is 1. The lowest BCUT2D eigenvalue weighted by molar-refractivity contribution is -0.121. The van der Waals surface area contributed by atoms with E-state index in [1.54, 1.807) is 14.2 Å². The first-order chi connectivity index (χ1) is 14.6. The predicted molar refractivity (Wildman–Crippen MR) is 120 cm³/mol. The van der Waals surface area contributed by atoms with E-state index in [1.165, 1.54) is 5.56 Å². The highest BCUT2D eigenvalue weighted by Crippen LogP contribution is 2.23. The van der Waals surface area contributed by atoms with Gasteiger partial charge in [0.2, 0.25) is 5.91 Å². The standard InChI is InChI=1S/C22H37N5O3/c1-5-17(2)26-21(28)10-11-24-22(23-3)25-16-20(27-12-14-30-15-13-27)18-6-8-19(29-4)9-7-18/h6-9,17,20H,5,10-16H2,1-4H3,(H,26,28)(H2,23,24,25). The predicted octanol–water partition coefficient (Wildman–Crippen LogP) is 1.54. The molecule has 30 heavy (non-hydrogen) atoms. The van der Waals surface area contributed by atoms with Crippen LogP contribution in [0.25, 0.3) is 0 Å². The van der Waals surface area contributed by atoms with E-state index < -0.39 is 0 Å². The quantitative estimate of drug-likeness (QED) is 0.394. The van der Waals surface area contributed by atoms with Crippen LogP contribution in [0.3, 0.4) is 0 Å². The van der Waals surface area contributed by atoms with Crippen LogP contribution in [0, 0.1) is 0 Å². The van der Waals surface area contributed by atoms with Gasteiger partial charge in [0.1, 0.15) is 5.75 Å². The molecule has 1 amide bonds. The number of hydrogen-bond acceptors (Lipinski definition) is 5. The third-order valence-electron chi connectivity index (χ3n) is 5.34. The second-order valence-electron chi connectivity index (χ2n) is 7.44. The van der Waals surface area contributed by atoms with Crippen molar-refractivity contribution >= 4 is 11.9 Å². The molecule has 8 nitrogen and oxygen atoms in total. The summed E-state index contributed by atoms with van der Waals surface area (Å²) in [4.78, 5) is 18.7. The molecule has 0 spiro atoms. The maximum atomic E-state index is 12.0. The number of nitrogens with zero attached hydrogens (tertiary/aromatic N) is 2. The van der Waals surface area contributed by atoms with Crippen LogP contribution in [-0.4, -0.2) is 76.4 Å². The van der Waals surface area contributed by atoms with Gasteiger partial charge in [-0.15, -0.1) is 0 Å². The van der Waals surface area contributed by atoms with Crippen LogP contribution in [0.1, 0.15) is 38.3 Å². The number of amides is 1. The van der Waals surface area contributed by atoms with Crippen LogP contribution < -0.4 is 20.7 Å². The Kier molecular flexibility index (Phi) is 10.4. The number of carbonyl (C=O) groups is 1. The number of benzene rings is 1. The molecule has 0 saturated carbocycles. The average molecular weight is 420 g/mol. The first kappa shape index (κ1) is 24.0. The van der Waals surface area contributed by atoms with E-state index in [0.29, 0.717) is 25.5 Å². The van der Waals surface area contributed by atoms with Gasteiger partial charge in [0, 0.05) is 45.7 Å². The second-order valence-corrected chi connectivity index (χ2v) is 7.44. The van der Waals surface area contributed by atoms with Gasteiger partial charge in [0.25, 0.3) is 0 Å². The molecular formula is C22H37N5O3. The molecule has 1 aliphatic rings. The number of nitrogens with one attached hydrogen (secondary N) is 3. The Morgan fingerprint density at radius 1 is 1.23 bits per heavy atom. The third-order valence-corrected chi connectivity index (χ3v) is 5.34. The van der Waals surface area contributed by atoms with E-state index in [-0.39, 0.29) is 18.0 Å². The molecule has 0 aliphatic carbocycles. The number of carbonyl (C=O) groups excluding carboxylic acids is 1. The maximum absolute atomic E-state index is 12.0. The Hall–Kier alpha value is -2.32. The smallest absolute Gasteiger partial charge is 0.221 e. The molecule has 8 heteroatoms. The number of aliphatic imine (C=N–C) groups is 1. The minimum absolute atomic E-state index is 0.0525. The Balaban J connectivity index is 1.91. The number of methoxy groups -OCH3 is 1. The summed E-state index contributed by atoms with van der Waals surface area (Å²) in [6.45, 7) is 8.56. The van der Waals surface area contributed by atoms with Crippen LogP contribution in [-0.2, 0) is 9.53 Å². The summed E-state index contributed by atoms with van der Waals surface area (Å²) in [7, 11) is 3.42. The zero-order valence-corrected chi connectivity index (χ0v) is 18.7. The van der Waals surface area contributed by atoms with Gasteiger partial charge in [-0.05, 0) is 31.0 Å². The van der Waals surface area contributed by atoms with Crippen molar-refractivity contribution < 1.29 is 14.3 Å². The van der Waals surface area contributed by atoms with Gasteiger partial charge < -0.3 is 25.4 Å². The third kappa shape index (κ3) is 7.84. The van der Waals surface area contributed by atoms with Crippen molar-refractivity contribution in [2.75, 3.05) is 53.6 Å². The SMILES string of the molecule is CCC(C)NC(=O)CCNC(=NC)NCC(c1ccc(OC)cc1)N1CCOCC1. The van der Waals surface area contributed by atoms with Crippen molar-refractivity contribution in [2.24, 2.45) is 4.99 Å². The number of ether oxygens (including phenoxy) is 2. The highest BCUT2D eigenvalue weighted by atomic mass is 16.5. The first-order valence-corrected chi connectivity index (χ1v) is 10.8. The lowest BCUT2D eigenvalue weighted by Crippen LogP contribution is -2.46. The topological polar surface area (TPSA) is 87.2 Å². The van der Waals surface area contributed by atoms with Gasteiger partial charge in [-0.1, -0.05) is 19.1 Å². The van der Waals surface area contributed by atoms with Gasteiger partial charge in [-0.3, -0.25) is 14.7 Å². The molecular weight excluding hydrogens is 382 g/mol. The Labute approximate surface area is 180 Å². The molecule has 1 aromatic rings. The lowest BCUT2D eigenvalue weighted by atomic mass is 10.0. The Bertz CT molecular complexity index is 659. The second kappa shape index (κ2) is 13.1. The van der Waals surface area contributed by atoms with E-state index in [9.17, 15) is 4.79 Å². The van der Waals surface area contributed by atoms with E-state index >= 15 is 0 Å². The summed E-state index contributed by atoms with van der Waals surface area (Å²) in [5.41, 5.74) is 1.22. The largest absolute Gasteiger partial charge is 0.497 e. The molecule has 1 fully saturated rings. The van der Waals surface area contributed by atoms with E-state index in [0.717, 1.165) is 38.5 Å². The lowest BCUT2D eigenvalue weighted by Gasteiger charge is -2.35. The molecule has 2 atom stereocenters. The minimum atomic E-state index is 0.0525. The highest BCUT2D eigenvalue weighted by Gasteiger charge is 2.23. The van der Waals surface area contributed by atoms with Crippen LogP contribution in [0.5, 0.6) is 5.75 Å². The maximum Gasteiger partial charge on any atom is 0.221 e. The fraction of sp³-hybridized carbons (Fsp3) is 0.636. The molecule has 2 unspecified atom stereocenters. The van der Waals surface area contributed by atoms with Crippen molar-refractivity contribution in [1.82, 2.24) is 20.9 Å². The molecule has 1 heterocycles. The first-order valence-electron chi connectivity index (χ1n) is 10.8. The van der Waals surface area contributed by atoms with Gasteiger partial charge in [0.15, 0.2) is 5.96 Å². The fourth-order valence-electron chi connectivity index (χ4n) is 3.33. The van der Waals surface area contributed by atoms with Gasteiger partial charge in [0.05, 0.1) is 26.4 Å². The molecule has 1 aliphatic heterocycles. The molecule has 0 aromatic heterocycles. The number of rotatable bonds is 10. The van der Waals surface area contributed by atoms with Gasteiger partial charge in [-0.2, -0.15) is 0 Å². The van der Waals surface area contributed by atoms with Crippen molar-refractivity contribution in [1.29, 1.82) is 0 Å². The van der Waals surface area contributed by atoms with E-state index in [2.05, 4.69) is 44.9 Å². The van der Waals surface area contributed by atoms with Crippen LogP contribution >= 0.6 is 0 Å². The van der Waals surface area contributed by atoms with Crippen LogP contribution in [0.2, 0.25) is 0 Å². The summed E-state index contributed by atoms with van der Waals surface area (Å²) < 4.78 is 10.8. The minimum Gasteiger partial charge on any atom is -0.497 e. The summed E-state index contributed by atoms with van der Waals surface area (Å²) in [5.74, 6) is 1.59. The number of guanidine groups is 1. The molecule has 1 aromatic carbocycles. The van der Waals surface area contributed by atoms with E-state index in [1.807, 2.05) is 19.1 Å². The van der Waals surface area contributed by atoms with Crippen LogP contribution in [0.4, 0.5) is 0 Å². The summed E-state index contributed by atoms with van der Waals surface area (Å²) >= 11 is 0. The monoisotopic (exact) mass is 419 g/mol. The summed E-state index contributed by atoms with van der Waals surface area (Å²) in [6.07, 6.45) is 1.34. The van der Waals surface area contributed by atoms with Crippen molar-refractivity contribution in [3.05, 3.63) is 29.8 Å². The van der Waals surface area contributed by atoms with Gasteiger partial charge >= 0.3 is 0 Å². The van der Waals surface area contributed by atoms with Crippen molar-refractivity contribution in [3.63, 3.8) is 0 Å². The zero-order valence-electron chi connectivity index (χ0n) is 18.7. The molecule has 0 bridgehead atoms. The zero-order chi connectivity index (χ0) is 21.8. The normalized spacial score (nSPS) is 17.1. The molecule has 168 valence electrons. The Morgan fingerprint density at radius 3 is 2.53 bits per heavy atom. The molecule has 2 rings (SSSR count). The molecule has 0 radical (unpaired) electrons. The summed E-state index contributed by atoms with van der Waals surface area (Å²) in [6, 6.07) is 8.59. The van der Waals surface area contributed by atoms with Crippen LogP contribution in [0.15, 0.2) is 29.3 Å². The van der Waals surface area contributed by atoms with E-state index in [4.69, 9.17) is 9.47 Å². The highest BCUT2D eigenvalue weighted by molar-refractivity contribution is 5.81. The Morgan fingerprint density at radius 2 is 1.93 bits per heavy atom. The molecule has 3 N–H and O–H groups in total. The molecule has 1 saturated heterocycles. The van der Waals surface area contributed by atoms with Gasteiger partial charge in [-0.25, -0.2) is 0 Å². The average Bonchev–Trinajstić information content (AvgIpc) is 2.79. The summed E-state index contributed by atoms with van der Waals surface area (Å²) in [5, 5.41) is 9.62. The number of hydrogen-bond donors (Lipinski definition) is 3.